The number of nitrogens with one attached hydrogen (secondary N) is 1. The van der Waals surface area contributed by atoms with Crippen molar-refractivity contribution in [3.05, 3.63) is 23.7 Å². The Bertz CT molecular complexity index is 527. The second kappa shape index (κ2) is 6.98. The van der Waals surface area contributed by atoms with Crippen LogP contribution in [-0.4, -0.2) is 49.5 Å². The van der Waals surface area contributed by atoms with Crippen LogP contribution in [0.4, 0.5) is 0 Å². The molecule has 5 nitrogen and oxygen atoms in total. The molecule has 1 atom stereocenters. The van der Waals surface area contributed by atoms with Crippen molar-refractivity contribution in [2.45, 2.75) is 25.4 Å². The third-order valence-electron chi connectivity index (χ3n) is 3.43. The van der Waals surface area contributed by atoms with Crippen molar-refractivity contribution in [3.63, 3.8) is 0 Å². The number of furan rings is 1. The van der Waals surface area contributed by atoms with E-state index in [1.165, 1.54) is 6.26 Å². The summed E-state index contributed by atoms with van der Waals surface area (Å²) in [5.74, 6) is 2.48. The molecular formula is C13H22N2O3S2. The molecule has 0 radical (unpaired) electrons. The summed E-state index contributed by atoms with van der Waals surface area (Å²) < 4.78 is 29.3. The zero-order chi connectivity index (χ0) is 14.6. The van der Waals surface area contributed by atoms with Gasteiger partial charge in [0.2, 0.25) is 0 Å². The first-order valence-electron chi connectivity index (χ1n) is 6.79. The average molecular weight is 318 g/mol. The van der Waals surface area contributed by atoms with Gasteiger partial charge in [0.1, 0.15) is 11.1 Å². The van der Waals surface area contributed by atoms with E-state index in [4.69, 9.17) is 4.42 Å². The smallest absolute Gasteiger partial charge is 0.164 e. The lowest BCUT2D eigenvalue weighted by atomic mass is 10.2. The lowest BCUT2D eigenvalue weighted by Crippen LogP contribution is -2.46. The summed E-state index contributed by atoms with van der Waals surface area (Å²) in [6.45, 7) is 5.06. The first kappa shape index (κ1) is 15.9. The largest absolute Gasteiger partial charge is 0.468 e. The first-order chi connectivity index (χ1) is 9.52. The van der Waals surface area contributed by atoms with E-state index in [9.17, 15) is 8.42 Å². The molecule has 0 bridgehead atoms. The Balaban J connectivity index is 2.09. The standard InChI is InChI=1S/C13H22N2O3S2/c1-3-14-8-11-4-6-18-12(11)9-15-5-7-19-10-13(15)20(2,16)17/h4,6,13-14H,3,5,7-10H2,1-2H3. The van der Waals surface area contributed by atoms with Crippen molar-refractivity contribution in [2.24, 2.45) is 0 Å². The van der Waals surface area contributed by atoms with Crippen LogP contribution in [0.2, 0.25) is 0 Å². The molecule has 0 amide bonds. The SMILES string of the molecule is CCNCc1ccoc1CN1CCSCC1S(C)(=O)=O. The molecule has 1 fully saturated rings. The lowest BCUT2D eigenvalue weighted by Gasteiger charge is -2.33. The Morgan fingerprint density at radius 3 is 3.05 bits per heavy atom. The predicted octanol–water partition coefficient (Wildman–Crippen LogP) is 1.31. The van der Waals surface area contributed by atoms with Gasteiger partial charge in [-0.25, -0.2) is 8.42 Å². The van der Waals surface area contributed by atoms with Crippen LogP contribution in [-0.2, 0) is 22.9 Å². The molecular weight excluding hydrogens is 296 g/mol. The Kier molecular flexibility index (Phi) is 5.54. The highest BCUT2D eigenvalue weighted by molar-refractivity contribution is 8.00. The van der Waals surface area contributed by atoms with Gasteiger partial charge in [-0.05, 0) is 12.6 Å². The lowest BCUT2D eigenvalue weighted by molar-refractivity contribution is 0.239. The second-order valence-corrected chi connectivity index (χ2v) is 8.33. The van der Waals surface area contributed by atoms with Gasteiger partial charge >= 0.3 is 0 Å². The molecule has 7 heteroatoms. The van der Waals surface area contributed by atoms with Gasteiger partial charge in [-0.1, -0.05) is 6.92 Å². The highest BCUT2D eigenvalue weighted by Gasteiger charge is 2.31. The summed E-state index contributed by atoms with van der Waals surface area (Å²) in [5, 5.41) is 2.86. The fourth-order valence-corrected chi connectivity index (χ4v) is 5.24. The molecule has 1 aromatic rings. The van der Waals surface area contributed by atoms with E-state index >= 15 is 0 Å². The van der Waals surface area contributed by atoms with Crippen LogP contribution in [0.1, 0.15) is 18.2 Å². The Hall–Kier alpha value is -0.500. The minimum Gasteiger partial charge on any atom is -0.468 e. The van der Waals surface area contributed by atoms with Crippen molar-refractivity contribution in [1.82, 2.24) is 10.2 Å². The van der Waals surface area contributed by atoms with Crippen LogP contribution in [0.25, 0.3) is 0 Å². The molecule has 2 heterocycles. The fraction of sp³-hybridized carbons (Fsp3) is 0.692. The van der Waals surface area contributed by atoms with E-state index in [0.29, 0.717) is 12.3 Å². The maximum atomic E-state index is 11.9. The molecule has 1 aliphatic heterocycles. The molecule has 0 spiro atoms. The highest BCUT2D eigenvalue weighted by atomic mass is 32.2. The van der Waals surface area contributed by atoms with Crippen molar-refractivity contribution in [2.75, 3.05) is 30.9 Å². The Morgan fingerprint density at radius 2 is 2.35 bits per heavy atom. The minimum atomic E-state index is -3.06. The zero-order valence-corrected chi connectivity index (χ0v) is 13.6. The fourth-order valence-electron chi connectivity index (χ4n) is 2.30. The van der Waals surface area contributed by atoms with Crippen LogP contribution in [0.5, 0.6) is 0 Å². The number of sulfone groups is 1. The molecule has 0 saturated carbocycles. The molecule has 1 aromatic heterocycles. The molecule has 114 valence electrons. The molecule has 20 heavy (non-hydrogen) atoms. The monoisotopic (exact) mass is 318 g/mol. The number of hydrogen-bond acceptors (Lipinski definition) is 6. The number of thioether (sulfide) groups is 1. The minimum absolute atomic E-state index is 0.404. The van der Waals surface area contributed by atoms with Gasteiger partial charge in [-0.3, -0.25) is 4.90 Å². The average Bonchev–Trinajstić information content (AvgIpc) is 2.83. The maximum absolute atomic E-state index is 11.9. The van der Waals surface area contributed by atoms with E-state index in [2.05, 4.69) is 12.2 Å². The Labute approximate surface area is 125 Å². The summed E-state index contributed by atoms with van der Waals surface area (Å²) >= 11 is 1.70. The van der Waals surface area contributed by atoms with Crippen LogP contribution in [0.3, 0.4) is 0 Å². The van der Waals surface area contributed by atoms with Gasteiger partial charge in [-0.15, -0.1) is 0 Å². The third kappa shape index (κ3) is 4.00. The van der Waals surface area contributed by atoms with Gasteiger partial charge < -0.3 is 9.73 Å². The third-order valence-corrected chi connectivity index (χ3v) is 6.12. The second-order valence-electron chi connectivity index (χ2n) is 4.98. The van der Waals surface area contributed by atoms with Crippen LogP contribution in [0.15, 0.2) is 16.7 Å². The van der Waals surface area contributed by atoms with E-state index in [1.54, 1.807) is 18.0 Å². The molecule has 1 saturated heterocycles. The van der Waals surface area contributed by atoms with Gasteiger partial charge in [0.15, 0.2) is 9.84 Å². The first-order valence-corrected chi connectivity index (χ1v) is 9.90. The van der Waals surface area contributed by atoms with Crippen molar-refractivity contribution < 1.29 is 12.8 Å². The summed E-state index contributed by atoms with van der Waals surface area (Å²) in [4.78, 5) is 2.01. The normalized spacial score (nSPS) is 21.2. The molecule has 1 N–H and O–H groups in total. The van der Waals surface area contributed by atoms with Crippen molar-refractivity contribution in [3.8, 4) is 0 Å². The van der Waals surface area contributed by atoms with E-state index in [0.717, 1.165) is 36.7 Å². The summed E-state index contributed by atoms with van der Waals surface area (Å²) in [6.07, 6.45) is 2.99. The molecule has 1 aliphatic rings. The number of nitrogens with zero attached hydrogens (tertiary/aromatic N) is 1. The summed E-state index contributed by atoms with van der Waals surface area (Å²) in [6, 6.07) is 1.95. The van der Waals surface area contributed by atoms with Gasteiger partial charge in [0, 0.05) is 36.4 Å². The Morgan fingerprint density at radius 1 is 1.55 bits per heavy atom. The molecule has 2 rings (SSSR count). The van der Waals surface area contributed by atoms with E-state index in [1.807, 2.05) is 11.0 Å². The topological polar surface area (TPSA) is 62.6 Å². The highest BCUT2D eigenvalue weighted by Crippen LogP contribution is 2.23. The quantitative estimate of drug-likeness (QED) is 0.853. The van der Waals surface area contributed by atoms with Crippen LogP contribution in [0, 0.1) is 0 Å². The van der Waals surface area contributed by atoms with E-state index in [-0.39, 0.29) is 0 Å². The number of rotatable bonds is 6. The molecule has 1 unspecified atom stereocenters. The summed E-state index contributed by atoms with van der Waals surface area (Å²) in [7, 11) is -3.06. The van der Waals surface area contributed by atoms with Gasteiger partial charge in [-0.2, -0.15) is 11.8 Å². The van der Waals surface area contributed by atoms with Crippen LogP contribution < -0.4 is 5.32 Å². The molecule has 0 aliphatic carbocycles. The predicted molar refractivity (Wildman–Crippen MR) is 82.5 cm³/mol. The number of hydrogen-bond donors (Lipinski definition) is 1. The maximum Gasteiger partial charge on any atom is 0.164 e. The zero-order valence-electron chi connectivity index (χ0n) is 12.0. The van der Waals surface area contributed by atoms with Gasteiger partial charge in [0.05, 0.1) is 12.8 Å². The van der Waals surface area contributed by atoms with E-state index < -0.39 is 15.2 Å². The van der Waals surface area contributed by atoms with Gasteiger partial charge in [0.25, 0.3) is 0 Å². The van der Waals surface area contributed by atoms with Crippen LogP contribution >= 0.6 is 11.8 Å². The van der Waals surface area contributed by atoms with Crippen molar-refractivity contribution >= 4 is 21.6 Å². The van der Waals surface area contributed by atoms with Crippen molar-refractivity contribution in [1.29, 1.82) is 0 Å². The molecule has 0 aromatic carbocycles. The summed E-state index contributed by atoms with van der Waals surface area (Å²) in [5.41, 5.74) is 1.11.